The summed E-state index contributed by atoms with van der Waals surface area (Å²) in [7, 11) is 0. The highest BCUT2D eigenvalue weighted by molar-refractivity contribution is 8.00. The second-order valence-corrected chi connectivity index (χ2v) is 7.32. The van der Waals surface area contributed by atoms with Gasteiger partial charge in [0, 0.05) is 35.9 Å². The number of hydrogen-bond acceptors (Lipinski definition) is 3. The van der Waals surface area contributed by atoms with Gasteiger partial charge >= 0.3 is 0 Å². The predicted molar refractivity (Wildman–Crippen MR) is 95.4 cm³/mol. The van der Waals surface area contributed by atoms with Crippen LogP contribution in [0.2, 0.25) is 0 Å². The smallest absolute Gasteiger partial charge is 0.223 e. The van der Waals surface area contributed by atoms with Gasteiger partial charge in [-0.1, -0.05) is 43.3 Å². The van der Waals surface area contributed by atoms with E-state index < -0.39 is 0 Å². The lowest BCUT2D eigenvalue weighted by Gasteiger charge is -2.40. The highest BCUT2D eigenvalue weighted by Gasteiger charge is 2.33. The lowest BCUT2D eigenvalue weighted by atomic mass is 10.0. The van der Waals surface area contributed by atoms with E-state index in [9.17, 15) is 4.79 Å². The molecule has 1 amide bonds. The molecule has 0 bridgehead atoms. The third kappa shape index (κ3) is 3.94. The second-order valence-electron chi connectivity index (χ2n) is 5.84. The van der Waals surface area contributed by atoms with Gasteiger partial charge in [-0.05, 0) is 24.1 Å². The normalized spacial score (nSPS) is 21.2. The standard InChI is InChI=1S/C19H22N2OS/c1-15-19(16-7-3-2-4-8-16)21(13-14-23-15)18(22)11-10-17-9-5-6-12-20-17/h2-9,12,15,19H,10-11,13-14H2,1H3. The van der Waals surface area contributed by atoms with Gasteiger partial charge in [-0.25, -0.2) is 0 Å². The van der Waals surface area contributed by atoms with Gasteiger partial charge in [0.2, 0.25) is 5.91 Å². The fraction of sp³-hybridized carbons (Fsp3) is 0.368. The molecule has 0 radical (unpaired) electrons. The lowest BCUT2D eigenvalue weighted by molar-refractivity contribution is -0.133. The van der Waals surface area contributed by atoms with Crippen LogP contribution in [0, 0.1) is 0 Å². The predicted octanol–water partition coefficient (Wildman–Crippen LogP) is 3.72. The Bertz CT molecular complexity index is 632. The molecule has 3 nitrogen and oxygen atoms in total. The fourth-order valence-electron chi connectivity index (χ4n) is 3.13. The number of benzene rings is 1. The van der Waals surface area contributed by atoms with Crippen molar-refractivity contribution in [3.63, 3.8) is 0 Å². The zero-order chi connectivity index (χ0) is 16.1. The van der Waals surface area contributed by atoms with E-state index in [4.69, 9.17) is 0 Å². The Morgan fingerprint density at radius 3 is 2.74 bits per heavy atom. The minimum absolute atomic E-state index is 0.172. The van der Waals surface area contributed by atoms with E-state index in [1.165, 1.54) is 5.56 Å². The lowest BCUT2D eigenvalue weighted by Crippen LogP contribution is -2.44. The van der Waals surface area contributed by atoms with Crippen LogP contribution in [0.15, 0.2) is 54.7 Å². The highest BCUT2D eigenvalue weighted by Crippen LogP contribution is 2.36. The topological polar surface area (TPSA) is 33.2 Å². The van der Waals surface area contributed by atoms with Crippen molar-refractivity contribution in [2.75, 3.05) is 12.3 Å². The van der Waals surface area contributed by atoms with Crippen LogP contribution in [0.5, 0.6) is 0 Å². The fourth-order valence-corrected chi connectivity index (χ4v) is 4.29. The molecule has 1 aromatic heterocycles. The molecular formula is C19H22N2OS. The summed E-state index contributed by atoms with van der Waals surface area (Å²) in [6.45, 7) is 3.05. The monoisotopic (exact) mass is 326 g/mol. The summed E-state index contributed by atoms with van der Waals surface area (Å²) < 4.78 is 0. The molecular weight excluding hydrogens is 304 g/mol. The van der Waals surface area contributed by atoms with Gasteiger partial charge in [0.25, 0.3) is 0 Å². The summed E-state index contributed by atoms with van der Waals surface area (Å²) in [5, 5.41) is 0.421. The molecule has 2 heterocycles. The average Bonchev–Trinajstić information content (AvgIpc) is 2.61. The van der Waals surface area contributed by atoms with E-state index in [-0.39, 0.29) is 11.9 Å². The first kappa shape index (κ1) is 16.1. The summed E-state index contributed by atoms with van der Waals surface area (Å²) in [6, 6.07) is 16.4. The molecule has 120 valence electrons. The average molecular weight is 326 g/mol. The molecule has 0 aliphatic carbocycles. The number of carbonyl (C=O) groups is 1. The van der Waals surface area contributed by atoms with Crippen molar-refractivity contribution >= 4 is 17.7 Å². The van der Waals surface area contributed by atoms with Crippen molar-refractivity contribution in [1.82, 2.24) is 9.88 Å². The third-order valence-corrected chi connectivity index (χ3v) is 5.48. The van der Waals surface area contributed by atoms with Gasteiger partial charge in [0.1, 0.15) is 0 Å². The van der Waals surface area contributed by atoms with E-state index >= 15 is 0 Å². The van der Waals surface area contributed by atoms with Crippen molar-refractivity contribution in [3.05, 3.63) is 66.0 Å². The van der Waals surface area contributed by atoms with Crippen LogP contribution in [0.4, 0.5) is 0 Å². The molecule has 2 unspecified atom stereocenters. The summed E-state index contributed by atoms with van der Waals surface area (Å²) >= 11 is 1.95. The maximum atomic E-state index is 12.8. The van der Waals surface area contributed by atoms with Crippen LogP contribution >= 0.6 is 11.8 Å². The number of hydrogen-bond donors (Lipinski definition) is 0. The summed E-state index contributed by atoms with van der Waals surface area (Å²) in [6.07, 6.45) is 3.02. The van der Waals surface area contributed by atoms with Crippen molar-refractivity contribution in [3.8, 4) is 0 Å². The molecule has 0 saturated carbocycles. The molecule has 4 heteroatoms. The SMILES string of the molecule is CC1SCCN(C(=O)CCc2ccccn2)C1c1ccccc1. The quantitative estimate of drug-likeness (QED) is 0.858. The molecule has 0 spiro atoms. The first-order valence-corrected chi connectivity index (χ1v) is 9.16. The van der Waals surface area contributed by atoms with E-state index in [0.29, 0.717) is 18.1 Å². The van der Waals surface area contributed by atoms with Crippen LogP contribution in [0.25, 0.3) is 0 Å². The van der Waals surface area contributed by atoms with E-state index in [0.717, 1.165) is 18.0 Å². The highest BCUT2D eigenvalue weighted by atomic mass is 32.2. The van der Waals surface area contributed by atoms with E-state index in [1.54, 1.807) is 6.20 Å². The molecule has 3 rings (SSSR count). The molecule has 23 heavy (non-hydrogen) atoms. The molecule has 1 fully saturated rings. The Morgan fingerprint density at radius 2 is 2.00 bits per heavy atom. The number of nitrogens with zero attached hydrogens (tertiary/aromatic N) is 2. The summed E-state index contributed by atoms with van der Waals surface area (Å²) in [4.78, 5) is 19.2. The number of rotatable bonds is 4. The Labute approximate surface area is 142 Å². The van der Waals surface area contributed by atoms with E-state index in [2.05, 4.69) is 41.1 Å². The van der Waals surface area contributed by atoms with Gasteiger partial charge < -0.3 is 4.90 Å². The van der Waals surface area contributed by atoms with Gasteiger partial charge in [-0.2, -0.15) is 11.8 Å². The molecule has 1 saturated heterocycles. The minimum Gasteiger partial charge on any atom is -0.334 e. The number of pyridine rings is 1. The van der Waals surface area contributed by atoms with Crippen LogP contribution in [0.1, 0.15) is 30.6 Å². The summed E-state index contributed by atoms with van der Waals surface area (Å²) in [5.41, 5.74) is 2.22. The number of carbonyl (C=O) groups excluding carboxylic acids is 1. The minimum atomic E-state index is 0.172. The van der Waals surface area contributed by atoms with Crippen LogP contribution in [-0.2, 0) is 11.2 Å². The number of amides is 1. The van der Waals surface area contributed by atoms with Crippen molar-refractivity contribution in [2.24, 2.45) is 0 Å². The number of aryl methyl sites for hydroxylation is 1. The summed E-state index contributed by atoms with van der Waals surface area (Å²) in [5.74, 6) is 1.25. The largest absolute Gasteiger partial charge is 0.334 e. The first-order chi connectivity index (χ1) is 11.3. The van der Waals surface area contributed by atoms with Crippen molar-refractivity contribution < 1.29 is 4.79 Å². The molecule has 2 aromatic rings. The maximum absolute atomic E-state index is 12.8. The zero-order valence-electron chi connectivity index (χ0n) is 13.4. The Hall–Kier alpha value is -1.81. The second kappa shape index (κ2) is 7.64. The zero-order valence-corrected chi connectivity index (χ0v) is 14.2. The van der Waals surface area contributed by atoms with Gasteiger partial charge in [-0.3, -0.25) is 9.78 Å². The third-order valence-electron chi connectivity index (χ3n) is 4.28. The maximum Gasteiger partial charge on any atom is 0.223 e. The van der Waals surface area contributed by atoms with Gasteiger partial charge in [0.05, 0.1) is 6.04 Å². The van der Waals surface area contributed by atoms with Crippen LogP contribution < -0.4 is 0 Å². The molecule has 1 aromatic carbocycles. The Balaban J connectivity index is 1.72. The van der Waals surface area contributed by atoms with E-state index in [1.807, 2.05) is 36.0 Å². The number of aromatic nitrogens is 1. The molecule has 2 atom stereocenters. The van der Waals surface area contributed by atoms with Crippen LogP contribution in [0.3, 0.4) is 0 Å². The van der Waals surface area contributed by atoms with Crippen molar-refractivity contribution in [2.45, 2.75) is 31.1 Å². The molecule has 1 aliphatic heterocycles. The first-order valence-electron chi connectivity index (χ1n) is 8.11. The Kier molecular flexibility index (Phi) is 5.34. The molecule has 1 aliphatic rings. The number of thioether (sulfide) groups is 1. The molecule has 0 N–H and O–H groups in total. The van der Waals surface area contributed by atoms with Crippen molar-refractivity contribution in [1.29, 1.82) is 0 Å². The van der Waals surface area contributed by atoms with Gasteiger partial charge in [0.15, 0.2) is 0 Å². The van der Waals surface area contributed by atoms with Gasteiger partial charge in [-0.15, -0.1) is 0 Å². The Morgan fingerprint density at radius 1 is 1.22 bits per heavy atom. The van der Waals surface area contributed by atoms with Crippen LogP contribution in [-0.4, -0.2) is 33.3 Å².